The molecule has 0 amide bonds. The first-order valence-electron chi connectivity index (χ1n) is 23.9. The van der Waals surface area contributed by atoms with Crippen molar-refractivity contribution < 1.29 is 82.0 Å². The van der Waals surface area contributed by atoms with Gasteiger partial charge in [0.2, 0.25) is 0 Å². The van der Waals surface area contributed by atoms with Gasteiger partial charge in [-0.2, -0.15) is 0 Å². The van der Waals surface area contributed by atoms with Gasteiger partial charge in [-0.15, -0.1) is 0 Å². The lowest BCUT2D eigenvalue weighted by Gasteiger charge is -2.43. The number of carbonyl (C=O) groups excluding carboxylic acids is 2. The number of rotatable bonds is 38. The summed E-state index contributed by atoms with van der Waals surface area (Å²) in [7, 11) is -10.7. The van der Waals surface area contributed by atoms with Gasteiger partial charge in [-0.1, -0.05) is 143 Å². The molecule has 1 saturated carbocycles. The number of unbranched alkanes of at least 4 members (excludes halogenated alkanes) is 8. The van der Waals surface area contributed by atoms with E-state index in [1.54, 1.807) is 12.2 Å². The quantitative estimate of drug-likeness (QED) is 0.00953. The lowest BCUT2D eigenvalue weighted by Crippen LogP contribution is -2.64. The molecule has 1 aliphatic carbocycles. The van der Waals surface area contributed by atoms with Gasteiger partial charge in [0.05, 0.1) is 12.7 Å². The summed E-state index contributed by atoms with van der Waals surface area (Å²) in [4.78, 5) is 54.2. The minimum Gasteiger partial charge on any atom is -0.462 e. The van der Waals surface area contributed by atoms with E-state index in [4.69, 9.17) is 18.5 Å². The van der Waals surface area contributed by atoms with Crippen molar-refractivity contribution in [3.8, 4) is 0 Å². The van der Waals surface area contributed by atoms with Gasteiger partial charge in [-0.05, 0) is 77.0 Å². The topological polar surface area (TPSA) is 276 Å². The van der Waals surface area contributed by atoms with Crippen molar-refractivity contribution in [3.63, 3.8) is 0 Å². The molecule has 0 aromatic heterocycles. The predicted octanol–water partition coefficient (Wildman–Crippen LogP) is 8.14. The average Bonchev–Trinajstić information content (AvgIpc) is 3.29. The molecule has 0 heterocycles. The minimum atomic E-state index is -5.39. The molecule has 8 N–H and O–H groups in total. The van der Waals surface area contributed by atoms with E-state index in [0.29, 0.717) is 38.5 Å². The molecule has 0 aliphatic heterocycles. The Morgan fingerprint density at radius 2 is 1.07 bits per heavy atom. The zero-order valence-corrected chi connectivity index (χ0v) is 41.6. The van der Waals surface area contributed by atoms with Crippen LogP contribution in [0.2, 0.25) is 0 Å². The summed E-state index contributed by atoms with van der Waals surface area (Å²) < 4.78 is 49.2. The highest BCUT2D eigenvalue weighted by Crippen LogP contribution is 2.49. The normalized spacial score (nSPS) is 22.6. The van der Waals surface area contributed by atoms with Crippen LogP contribution in [0.15, 0.2) is 97.2 Å². The fourth-order valence-corrected chi connectivity index (χ4v) is 8.05. The number of hydrogen-bond acceptors (Lipinski definition) is 14. The standard InChI is InChI=1S/C49H80O17P2/c1-3-5-7-9-11-12-13-14-15-16-17-18-19-20-25-29-33-37-43(52)64-41(39-63-68(60,61)66-49-46(55)44(53)45(54)48(47(49)56)65-67(57,58)59)38-62-42(51)36-32-28-24-22-21-23-27-31-35-40(50)34-30-26-10-8-6-4-2/h6,8,14-15,17-18,20,22-27,30-31,35,40-41,44-50,53-56H,3-5,7,9-13,16,19,21,28-29,32-34,36-39H2,1-2H3,(H,60,61)(H2,57,58,59)/b8-6-,15-14-,18-17-,24-22-,25-20-,27-23-,30-26-,35-31+/t40?,41-,44?,45?,46?,47?,48-,49+/m1/s1. The van der Waals surface area contributed by atoms with Crippen LogP contribution in [0.5, 0.6) is 0 Å². The molecular formula is C49H80O17P2. The maximum Gasteiger partial charge on any atom is 0.472 e. The lowest BCUT2D eigenvalue weighted by molar-refractivity contribution is -0.216. The first-order valence-corrected chi connectivity index (χ1v) is 26.9. The Morgan fingerprint density at radius 3 is 1.68 bits per heavy atom. The molecule has 9 atom stereocenters. The Labute approximate surface area is 403 Å². The van der Waals surface area contributed by atoms with E-state index in [0.717, 1.165) is 32.1 Å². The molecule has 388 valence electrons. The lowest BCUT2D eigenvalue weighted by atomic mass is 9.85. The number of aliphatic hydroxyl groups is 5. The number of phosphoric ester groups is 2. The molecule has 0 bridgehead atoms. The van der Waals surface area contributed by atoms with E-state index < -0.39 is 89.6 Å². The summed E-state index contributed by atoms with van der Waals surface area (Å²) in [6.45, 7) is 2.81. The second kappa shape index (κ2) is 38.6. The molecule has 0 spiro atoms. The van der Waals surface area contributed by atoms with Crippen molar-refractivity contribution in [2.45, 2.75) is 185 Å². The van der Waals surface area contributed by atoms with Crippen LogP contribution in [0.4, 0.5) is 0 Å². The Morgan fingerprint density at radius 1 is 0.559 bits per heavy atom. The van der Waals surface area contributed by atoms with Crippen LogP contribution >= 0.6 is 15.6 Å². The molecule has 68 heavy (non-hydrogen) atoms. The SMILES string of the molecule is CC/C=C\C/C=C\CC(O)/C=C/C=C\C/C=C\CCCC(=O)OC[C@H](COP(=O)(O)O[C@H]1C(O)C(O)C(O)[C@@H](OP(=O)(O)O)C1O)OC(=O)CCC/C=C\C/C=C\C/C=C\CCCCCCCC. The second-order valence-corrected chi connectivity index (χ2v) is 18.9. The number of hydrogen-bond donors (Lipinski definition) is 8. The second-order valence-electron chi connectivity index (χ2n) is 16.3. The van der Waals surface area contributed by atoms with Crippen LogP contribution in [-0.2, 0) is 41.8 Å². The summed E-state index contributed by atoms with van der Waals surface area (Å²) in [5.74, 6) is -1.38. The number of phosphoric acid groups is 2. The van der Waals surface area contributed by atoms with Crippen LogP contribution in [0, 0.1) is 0 Å². The summed E-state index contributed by atoms with van der Waals surface area (Å²) in [5.41, 5.74) is 0. The van der Waals surface area contributed by atoms with Gasteiger partial charge in [0.25, 0.3) is 0 Å². The van der Waals surface area contributed by atoms with Crippen molar-refractivity contribution in [3.05, 3.63) is 97.2 Å². The van der Waals surface area contributed by atoms with E-state index in [1.165, 1.54) is 38.5 Å². The van der Waals surface area contributed by atoms with Crippen molar-refractivity contribution in [1.29, 1.82) is 0 Å². The zero-order chi connectivity index (χ0) is 50.5. The Hall–Kier alpha value is -3.12. The zero-order valence-electron chi connectivity index (χ0n) is 39.9. The van der Waals surface area contributed by atoms with Crippen LogP contribution in [0.1, 0.15) is 136 Å². The molecule has 17 nitrogen and oxygen atoms in total. The summed E-state index contributed by atoms with van der Waals surface area (Å²) >= 11 is 0. The van der Waals surface area contributed by atoms with Gasteiger partial charge < -0.3 is 49.7 Å². The van der Waals surface area contributed by atoms with Crippen LogP contribution < -0.4 is 0 Å². The fourth-order valence-electron chi connectivity index (χ4n) is 6.51. The summed E-state index contributed by atoms with van der Waals surface area (Å²) in [5, 5.41) is 51.3. The van der Waals surface area contributed by atoms with Crippen molar-refractivity contribution in [2.75, 3.05) is 13.2 Å². The van der Waals surface area contributed by atoms with Crippen molar-refractivity contribution in [2.24, 2.45) is 0 Å². The van der Waals surface area contributed by atoms with Gasteiger partial charge in [-0.25, -0.2) is 9.13 Å². The van der Waals surface area contributed by atoms with Gasteiger partial charge in [-0.3, -0.25) is 23.2 Å². The van der Waals surface area contributed by atoms with Crippen LogP contribution in [0.25, 0.3) is 0 Å². The maximum atomic E-state index is 13.0. The van der Waals surface area contributed by atoms with Gasteiger partial charge in [0.1, 0.15) is 43.2 Å². The Kier molecular flexibility index (Phi) is 35.7. The molecule has 1 aliphatic rings. The third kappa shape index (κ3) is 32.6. The van der Waals surface area contributed by atoms with Gasteiger partial charge >= 0.3 is 27.6 Å². The Balaban J connectivity index is 2.70. The third-order valence-corrected chi connectivity index (χ3v) is 11.7. The number of aliphatic hydroxyl groups excluding tert-OH is 5. The summed E-state index contributed by atoms with van der Waals surface area (Å²) in [6.07, 6.45) is 31.2. The molecular weight excluding hydrogens is 922 g/mol. The molecule has 6 unspecified atom stereocenters. The highest BCUT2D eigenvalue weighted by molar-refractivity contribution is 7.47. The van der Waals surface area contributed by atoms with E-state index in [-0.39, 0.29) is 12.8 Å². The van der Waals surface area contributed by atoms with E-state index in [9.17, 15) is 58.9 Å². The predicted molar refractivity (Wildman–Crippen MR) is 261 cm³/mol. The summed E-state index contributed by atoms with van der Waals surface area (Å²) in [6, 6.07) is 0. The number of allylic oxidation sites excluding steroid dienone is 14. The number of ether oxygens (including phenoxy) is 2. The average molecular weight is 1000 g/mol. The van der Waals surface area contributed by atoms with Crippen LogP contribution in [-0.4, -0.2) is 114 Å². The van der Waals surface area contributed by atoms with Gasteiger partial charge in [0, 0.05) is 12.8 Å². The van der Waals surface area contributed by atoms with Crippen molar-refractivity contribution >= 4 is 27.6 Å². The van der Waals surface area contributed by atoms with E-state index >= 15 is 0 Å². The molecule has 1 fully saturated rings. The number of carbonyl (C=O) groups is 2. The van der Waals surface area contributed by atoms with E-state index in [2.05, 4.69) is 54.8 Å². The Bertz CT molecular complexity index is 1700. The largest absolute Gasteiger partial charge is 0.472 e. The molecule has 0 aromatic rings. The minimum absolute atomic E-state index is 0.00572. The highest BCUT2D eigenvalue weighted by atomic mass is 31.2. The van der Waals surface area contributed by atoms with E-state index in [1.807, 2.05) is 48.6 Å². The first kappa shape index (κ1) is 62.9. The molecule has 0 aromatic carbocycles. The molecule has 0 saturated heterocycles. The molecule has 0 radical (unpaired) electrons. The smallest absolute Gasteiger partial charge is 0.462 e. The van der Waals surface area contributed by atoms with Crippen LogP contribution in [0.3, 0.4) is 0 Å². The maximum absolute atomic E-state index is 13.0. The first-order chi connectivity index (χ1) is 32.5. The highest BCUT2D eigenvalue weighted by Gasteiger charge is 2.54. The van der Waals surface area contributed by atoms with Crippen molar-refractivity contribution in [1.82, 2.24) is 0 Å². The molecule has 19 heteroatoms. The fraction of sp³-hybridized carbons (Fsp3) is 0.633. The molecule has 1 rings (SSSR count). The third-order valence-electron chi connectivity index (χ3n) is 10.2. The monoisotopic (exact) mass is 1000 g/mol. The number of esters is 2. The van der Waals surface area contributed by atoms with Gasteiger partial charge in [0.15, 0.2) is 6.10 Å².